The van der Waals surface area contributed by atoms with E-state index < -0.39 is 17.7 Å². The van der Waals surface area contributed by atoms with Gasteiger partial charge in [0.05, 0.1) is 17.5 Å². The number of nitrogens with zero attached hydrogens (tertiary/aromatic N) is 2. The van der Waals surface area contributed by atoms with E-state index in [1.165, 1.54) is 24.3 Å². The van der Waals surface area contributed by atoms with Crippen LogP contribution in [0.15, 0.2) is 42.5 Å². The number of hydrogen-bond donors (Lipinski definition) is 1. The molecule has 1 amide bonds. The lowest BCUT2D eigenvalue weighted by atomic mass is 9.82. The van der Waals surface area contributed by atoms with Crippen molar-refractivity contribution < 1.29 is 22.4 Å². The van der Waals surface area contributed by atoms with Gasteiger partial charge in [-0.25, -0.2) is 4.39 Å². The van der Waals surface area contributed by atoms with Crippen LogP contribution in [0.4, 0.5) is 23.2 Å². The number of rotatable bonds is 4. The smallest absolute Gasteiger partial charge is 0.365 e. The van der Waals surface area contributed by atoms with E-state index in [9.17, 15) is 22.4 Å². The number of halogens is 4. The van der Waals surface area contributed by atoms with Crippen LogP contribution in [0.2, 0.25) is 0 Å². The van der Waals surface area contributed by atoms with Gasteiger partial charge < -0.3 is 10.2 Å². The Morgan fingerprint density at radius 2 is 1.84 bits per heavy atom. The van der Waals surface area contributed by atoms with Crippen LogP contribution in [0, 0.1) is 11.7 Å². The second-order valence-corrected chi connectivity index (χ2v) is 8.94. The Kier molecular flexibility index (Phi) is 6.16. The summed E-state index contributed by atoms with van der Waals surface area (Å²) in [6, 6.07) is 10.0. The summed E-state index contributed by atoms with van der Waals surface area (Å²) in [4.78, 5) is 17.3. The van der Waals surface area contributed by atoms with Gasteiger partial charge in [-0.3, -0.25) is 9.69 Å². The maximum absolute atomic E-state index is 13.3. The van der Waals surface area contributed by atoms with Gasteiger partial charge in [0.15, 0.2) is 0 Å². The third-order valence-electron chi connectivity index (χ3n) is 6.21. The molecule has 1 saturated heterocycles. The zero-order valence-corrected chi connectivity index (χ0v) is 18.1. The topological polar surface area (TPSA) is 35.6 Å². The zero-order valence-electron chi connectivity index (χ0n) is 18.1. The molecule has 0 radical (unpaired) electrons. The third-order valence-corrected chi connectivity index (χ3v) is 6.21. The number of nitrogens with one attached hydrogen (secondary N) is 1. The molecule has 4 nitrogen and oxygen atoms in total. The van der Waals surface area contributed by atoms with Crippen LogP contribution in [0.3, 0.4) is 0 Å². The van der Waals surface area contributed by atoms with Crippen LogP contribution in [0.1, 0.15) is 30.5 Å². The van der Waals surface area contributed by atoms with Gasteiger partial charge in [0.1, 0.15) is 5.82 Å². The lowest BCUT2D eigenvalue weighted by Gasteiger charge is -2.49. The summed E-state index contributed by atoms with van der Waals surface area (Å²) in [6.45, 7) is 6.28. The minimum atomic E-state index is -4.42. The first-order valence-corrected chi connectivity index (χ1v) is 10.9. The van der Waals surface area contributed by atoms with Crippen LogP contribution < -0.4 is 10.2 Å². The summed E-state index contributed by atoms with van der Waals surface area (Å²) in [5.74, 6) is -0.878. The monoisotopic (exact) mass is 449 g/mol. The van der Waals surface area contributed by atoms with Crippen LogP contribution in [0.25, 0.3) is 0 Å². The Morgan fingerprint density at radius 1 is 1.12 bits per heavy atom. The number of fused-ring (bicyclic) bond motifs is 3. The summed E-state index contributed by atoms with van der Waals surface area (Å²) in [6.07, 6.45) is -4.15. The number of alkyl halides is 3. The number of benzene rings is 2. The minimum Gasteiger partial charge on any atom is -0.365 e. The number of anilines is 1. The first kappa shape index (κ1) is 22.6. The summed E-state index contributed by atoms with van der Waals surface area (Å²) in [5, 5.41) is 2.94. The molecule has 8 heteroatoms. The highest BCUT2D eigenvalue weighted by Gasteiger charge is 2.42. The Labute approximate surface area is 185 Å². The largest absolute Gasteiger partial charge is 0.416 e. The number of piperazine rings is 1. The van der Waals surface area contributed by atoms with Crippen LogP contribution in [-0.4, -0.2) is 42.5 Å². The van der Waals surface area contributed by atoms with Gasteiger partial charge in [-0.2, -0.15) is 13.2 Å². The van der Waals surface area contributed by atoms with Crippen molar-refractivity contribution in [1.82, 2.24) is 10.2 Å². The zero-order chi connectivity index (χ0) is 23.0. The Bertz CT molecular complexity index is 974. The lowest BCUT2D eigenvalue weighted by molar-refractivity contribution is -0.137. The number of amides is 1. The predicted octanol–water partition coefficient (Wildman–Crippen LogP) is 4.23. The molecule has 2 aromatic carbocycles. The molecular weight excluding hydrogens is 422 g/mol. The fraction of sp³-hybridized carbons (Fsp3) is 0.458. The molecule has 32 heavy (non-hydrogen) atoms. The Hall–Kier alpha value is -2.61. The molecule has 0 saturated carbocycles. The molecule has 1 N–H and O–H groups in total. The van der Waals surface area contributed by atoms with Crippen molar-refractivity contribution in [1.29, 1.82) is 0 Å². The standard InChI is InChI=1S/C24H27F4N3O/c1-15(2)29-23(32)20-12-17-11-18(24(26,27)28)5-8-21(17)31-10-9-30(14-22(20)31)13-16-3-6-19(25)7-4-16/h3-8,11,15,20,22H,9-10,12-14H2,1-2H3,(H,29,32)/t20-,22-/m0/s1. The fourth-order valence-electron chi connectivity index (χ4n) is 4.74. The van der Waals surface area contributed by atoms with E-state index in [4.69, 9.17) is 0 Å². The quantitative estimate of drug-likeness (QED) is 0.710. The third kappa shape index (κ3) is 4.75. The van der Waals surface area contributed by atoms with Gasteiger partial charge >= 0.3 is 6.18 Å². The Balaban J connectivity index is 1.61. The molecule has 1 fully saturated rings. The molecule has 0 aliphatic carbocycles. The van der Waals surface area contributed by atoms with Crippen LogP contribution in [-0.2, 0) is 23.9 Å². The lowest BCUT2D eigenvalue weighted by Crippen LogP contribution is -2.61. The van der Waals surface area contributed by atoms with Crippen molar-refractivity contribution in [3.05, 3.63) is 65.0 Å². The minimum absolute atomic E-state index is 0.0576. The molecule has 4 rings (SSSR count). The van der Waals surface area contributed by atoms with Crippen molar-refractivity contribution in [2.24, 2.45) is 5.92 Å². The van der Waals surface area contributed by atoms with E-state index in [0.717, 1.165) is 17.3 Å². The van der Waals surface area contributed by atoms with E-state index in [1.807, 2.05) is 13.8 Å². The van der Waals surface area contributed by atoms with Gasteiger partial charge in [-0.15, -0.1) is 0 Å². The van der Waals surface area contributed by atoms with Crippen molar-refractivity contribution in [2.45, 2.75) is 45.1 Å². The average Bonchev–Trinajstić information content (AvgIpc) is 2.73. The highest BCUT2D eigenvalue weighted by Crippen LogP contribution is 2.40. The second-order valence-electron chi connectivity index (χ2n) is 8.94. The number of carbonyl (C=O) groups is 1. The maximum Gasteiger partial charge on any atom is 0.416 e. The van der Waals surface area contributed by atoms with Crippen LogP contribution in [0.5, 0.6) is 0 Å². The van der Waals surface area contributed by atoms with E-state index in [2.05, 4.69) is 15.1 Å². The molecule has 0 unspecified atom stereocenters. The predicted molar refractivity (Wildman–Crippen MR) is 115 cm³/mol. The summed E-state index contributed by atoms with van der Waals surface area (Å²) in [7, 11) is 0. The van der Waals surface area contributed by atoms with E-state index in [1.54, 1.807) is 12.1 Å². The SMILES string of the molecule is CC(C)NC(=O)[C@H]1Cc2cc(C(F)(F)F)ccc2N2CCN(Cc3ccc(F)cc3)C[C@@H]12. The number of hydrogen-bond acceptors (Lipinski definition) is 3. The maximum atomic E-state index is 13.3. The van der Waals surface area contributed by atoms with E-state index >= 15 is 0 Å². The second kappa shape index (κ2) is 8.73. The van der Waals surface area contributed by atoms with E-state index in [-0.39, 0.29) is 30.2 Å². The van der Waals surface area contributed by atoms with Crippen molar-refractivity contribution in [3.8, 4) is 0 Å². The summed E-state index contributed by atoms with van der Waals surface area (Å²) >= 11 is 0. The first-order valence-electron chi connectivity index (χ1n) is 10.9. The van der Waals surface area contributed by atoms with Gasteiger partial charge in [0, 0.05) is 37.9 Å². The van der Waals surface area contributed by atoms with Crippen LogP contribution >= 0.6 is 0 Å². The molecular formula is C24H27F4N3O. The Morgan fingerprint density at radius 3 is 2.50 bits per heavy atom. The highest BCUT2D eigenvalue weighted by atomic mass is 19.4. The molecule has 0 spiro atoms. The van der Waals surface area contributed by atoms with Crippen molar-refractivity contribution in [2.75, 3.05) is 24.5 Å². The highest BCUT2D eigenvalue weighted by molar-refractivity contribution is 5.82. The molecule has 2 aliphatic heterocycles. The summed E-state index contributed by atoms with van der Waals surface area (Å²) in [5.41, 5.74) is 1.63. The number of carbonyl (C=O) groups excluding carboxylic acids is 1. The normalized spacial score (nSPS) is 21.3. The van der Waals surface area contributed by atoms with Gasteiger partial charge in [0.25, 0.3) is 0 Å². The molecule has 2 aromatic rings. The van der Waals surface area contributed by atoms with Gasteiger partial charge in [-0.1, -0.05) is 12.1 Å². The molecule has 2 aliphatic rings. The van der Waals surface area contributed by atoms with Crippen molar-refractivity contribution in [3.63, 3.8) is 0 Å². The average molecular weight is 449 g/mol. The fourth-order valence-corrected chi connectivity index (χ4v) is 4.74. The first-order chi connectivity index (χ1) is 15.1. The molecule has 172 valence electrons. The van der Waals surface area contributed by atoms with Crippen molar-refractivity contribution >= 4 is 11.6 Å². The molecule has 0 aromatic heterocycles. The molecule has 2 atom stereocenters. The molecule has 2 heterocycles. The van der Waals surface area contributed by atoms with E-state index in [0.29, 0.717) is 31.7 Å². The van der Waals surface area contributed by atoms with Gasteiger partial charge in [0.2, 0.25) is 5.91 Å². The molecule has 0 bridgehead atoms. The summed E-state index contributed by atoms with van der Waals surface area (Å²) < 4.78 is 53.1. The van der Waals surface area contributed by atoms with Gasteiger partial charge in [-0.05, 0) is 61.7 Å².